The number of imidazole rings is 1. The highest BCUT2D eigenvalue weighted by Gasteiger charge is 2.47. The molecule has 3 aliphatic rings. The molecule has 0 aliphatic carbocycles. The zero-order chi connectivity index (χ0) is 15.7. The summed E-state index contributed by atoms with van der Waals surface area (Å²) in [5.41, 5.74) is 0. The number of hydrogen-bond donors (Lipinski definition) is 0. The summed E-state index contributed by atoms with van der Waals surface area (Å²) >= 11 is 0. The molecule has 0 amide bonds. The monoisotopic (exact) mass is 311 g/mol. The molecule has 3 fully saturated rings. The molecular weight excluding hydrogens is 272 g/mol. The fourth-order valence-electron chi connectivity index (χ4n) is 3.54. The first-order chi connectivity index (χ1) is 9.76. The smallest absolute Gasteiger partial charge is 0.243 e. The van der Waals surface area contributed by atoms with Gasteiger partial charge in [-0.3, -0.25) is 0 Å². The van der Waals surface area contributed by atoms with Gasteiger partial charge in [0.15, 0.2) is 0 Å². The topological polar surface area (TPSA) is 8.81 Å². The molecule has 4 heteroatoms. The second-order valence-corrected chi connectivity index (χ2v) is 7.89. The van der Waals surface area contributed by atoms with Crippen molar-refractivity contribution in [1.29, 1.82) is 0 Å². The van der Waals surface area contributed by atoms with Gasteiger partial charge in [-0.15, -0.1) is 0 Å². The zero-order valence-corrected chi connectivity index (χ0v) is 14.9. The molecule has 0 saturated carbocycles. The molecule has 1 aromatic heterocycles. The van der Waals surface area contributed by atoms with Crippen molar-refractivity contribution in [2.45, 2.75) is 47.2 Å². The van der Waals surface area contributed by atoms with Gasteiger partial charge in [0.1, 0.15) is 51.7 Å². The molecule has 0 unspecified atom stereocenters. The Bertz CT molecular complexity index is 437. The highest BCUT2D eigenvalue weighted by atomic mass is 15.5. The third-order valence-corrected chi connectivity index (χ3v) is 5.74. The first-order valence-electron chi connectivity index (χ1n) is 8.48. The highest BCUT2D eigenvalue weighted by molar-refractivity contribution is 4.69. The number of piperazine rings is 3. The van der Waals surface area contributed by atoms with E-state index >= 15 is 0 Å². The van der Waals surface area contributed by atoms with E-state index in [4.69, 9.17) is 0 Å². The molecule has 0 N–H and O–H groups in total. The van der Waals surface area contributed by atoms with Crippen molar-refractivity contribution in [2.75, 3.05) is 46.3 Å². The molecule has 2 bridgehead atoms. The first kappa shape index (κ1) is 19.2. The zero-order valence-electron chi connectivity index (χ0n) is 14.9. The van der Waals surface area contributed by atoms with Crippen LogP contribution in [0, 0.1) is 0 Å². The summed E-state index contributed by atoms with van der Waals surface area (Å²) in [6.45, 7) is 17.6. The molecular formula is C18H39N4+3. The Balaban J connectivity index is 0.000000219. The average molecular weight is 312 g/mol. The normalized spacial score (nSPS) is 30.0. The number of aromatic nitrogens is 2. The third kappa shape index (κ3) is 4.11. The van der Waals surface area contributed by atoms with Crippen molar-refractivity contribution in [1.82, 2.24) is 4.57 Å². The summed E-state index contributed by atoms with van der Waals surface area (Å²) in [6, 6.07) is 1.42. The van der Waals surface area contributed by atoms with Gasteiger partial charge in [-0.25, -0.2) is 9.13 Å². The van der Waals surface area contributed by atoms with Crippen LogP contribution in [-0.2, 0) is 7.05 Å². The summed E-state index contributed by atoms with van der Waals surface area (Å²) in [5, 5.41) is 0. The fourth-order valence-corrected chi connectivity index (χ4v) is 3.54. The number of rotatable bonds is 2. The number of likely N-dealkylation sites (N-methyl/N-ethyl adjacent to an activating group) is 1. The Morgan fingerprint density at radius 1 is 0.955 bits per heavy atom. The van der Waals surface area contributed by atoms with Gasteiger partial charge < -0.3 is 8.97 Å². The van der Waals surface area contributed by atoms with Crippen molar-refractivity contribution in [3.8, 4) is 0 Å². The SMILES string of the molecule is C.CC(C)[N+]12CC[N+](C)(CC1)CC2.CC(C)n1cc[n+](C)c1. The molecule has 3 saturated heterocycles. The maximum absolute atomic E-state index is 2.42. The number of quaternary nitrogens is 2. The summed E-state index contributed by atoms with van der Waals surface area (Å²) in [5.74, 6) is 0. The minimum absolute atomic E-state index is 0. The maximum Gasteiger partial charge on any atom is 0.243 e. The lowest BCUT2D eigenvalue weighted by atomic mass is 10.1. The largest absolute Gasteiger partial charge is 0.312 e. The molecule has 0 atom stereocenters. The quantitative estimate of drug-likeness (QED) is 0.585. The maximum atomic E-state index is 2.42. The minimum atomic E-state index is 0. The van der Waals surface area contributed by atoms with E-state index in [0.717, 1.165) is 6.04 Å². The lowest BCUT2D eigenvalue weighted by molar-refractivity contribution is -1.08. The van der Waals surface area contributed by atoms with Gasteiger partial charge in [-0.2, -0.15) is 0 Å². The van der Waals surface area contributed by atoms with Crippen molar-refractivity contribution in [3.05, 3.63) is 18.7 Å². The number of aryl methyl sites for hydroxylation is 1. The number of fused-ring (bicyclic) bond motifs is 3. The van der Waals surface area contributed by atoms with Crippen LogP contribution in [0.3, 0.4) is 0 Å². The lowest BCUT2D eigenvalue weighted by Gasteiger charge is -2.55. The van der Waals surface area contributed by atoms with Crippen LogP contribution in [0.2, 0.25) is 0 Å². The van der Waals surface area contributed by atoms with E-state index in [2.05, 4.69) is 51.8 Å². The van der Waals surface area contributed by atoms with E-state index in [1.54, 1.807) is 0 Å². The van der Waals surface area contributed by atoms with Crippen LogP contribution in [0.5, 0.6) is 0 Å². The van der Waals surface area contributed by atoms with Crippen molar-refractivity contribution in [3.63, 3.8) is 0 Å². The van der Waals surface area contributed by atoms with Crippen molar-refractivity contribution < 1.29 is 13.5 Å². The highest BCUT2D eigenvalue weighted by Crippen LogP contribution is 2.27. The van der Waals surface area contributed by atoms with Crippen LogP contribution in [0.1, 0.15) is 41.2 Å². The fraction of sp³-hybridized carbons (Fsp3) is 0.833. The Labute approximate surface area is 138 Å². The third-order valence-electron chi connectivity index (χ3n) is 5.74. The van der Waals surface area contributed by atoms with Crippen molar-refractivity contribution >= 4 is 0 Å². The first-order valence-corrected chi connectivity index (χ1v) is 8.48. The summed E-state index contributed by atoms with van der Waals surface area (Å²) < 4.78 is 6.97. The summed E-state index contributed by atoms with van der Waals surface area (Å²) in [6.07, 6.45) is 6.19. The molecule has 4 nitrogen and oxygen atoms in total. The number of hydrogen-bond acceptors (Lipinski definition) is 0. The van der Waals surface area contributed by atoms with Crippen LogP contribution in [0.15, 0.2) is 18.7 Å². The van der Waals surface area contributed by atoms with Gasteiger partial charge in [-0.1, -0.05) is 7.43 Å². The predicted molar refractivity (Wildman–Crippen MR) is 93.5 cm³/mol. The second-order valence-electron chi connectivity index (χ2n) is 7.89. The summed E-state index contributed by atoms with van der Waals surface area (Å²) in [7, 11) is 4.45. The molecule has 0 aromatic carbocycles. The van der Waals surface area contributed by atoms with Crippen LogP contribution in [-0.4, -0.2) is 65.9 Å². The molecule has 22 heavy (non-hydrogen) atoms. The van der Waals surface area contributed by atoms with Crippen LogP contribution < -0.4 is 4.57 Å². The van der Waals surface area contributed by atoms with Gasteiger partial charge in [0, 0.05) is 0 Å². The van der Waals surface area contributed by atoms with E-state index < -0.39 is 0 Å². The van der Waals surface area contributed by atoms with Crippen molar-refractivity contribution in [2.24, 2.45) is 7.05 Å². The molecule has 128 valence electrons. The second kappa shape index (κ2) is 7.14. The van der Waals surface area contributed by atoms with Crippen LogP contribution in [0.4, 0.5) is 0 Å². The van der Waals surface area contributed by atoms with E-state index in [9.17, 15) is 0 Å². The van der Waals surface area contributed by atoms with Gasteiger partial charge in [0.05, 0.1) is 26.2 Å². The minimum Gasteiger partial charge on any atom is -0.312 e. The predicted octanol–water partition coefficient (Wildman–Crippen LogP) is 2.21. The van der Waals surface area contributed by atoms with E-state index in [1.807, 2.05) is 17.8 Å². The Morgan fingerprint density at radius 3 is 1.73 bits per heavy atom. The molecule has 4 rings (SSSR count). The lowest BCUT2D eigenvalue weighted by Crippen LogP contribution is -2.75. The average Bonchev–Trinajstić information content (AvgIpc) is 2.87. The van der Waals surface area contributed by atoms with Gasteiger partial charge in [0.2, 0.25) is 6.33 Å². The van der Waals surface area contributed by atoms with Gasteiger partial charge >= 0.3 is 0 Å². The van der Waals surface area contributed by atoms with Crippen LogP contribution in [0.25, 0.3) is 0 Å². The molecule has 4 heterocycles. The summed E-state index contributed by atoms with van der Waals surface area (Å²) in [4.78, 5) is 0. The standard InChI is InChI=1S/C10H22N2.C7H13N2.CH4/c1-10(2)12-7-4-11(3,5-8-12)6-9-12;1-7(2)9-5-4-8(3)6-9;/h10H,4-9H2,1-3H3;4-7H,1-3H3;1H4/q+2;+1;. The van der Waals surface area contributed by atoms with E-state index in [1.165, 1.54) is 48.2 Å². The van der Waals surface area contributed by atoms with Gasteiger partial charge in [0.25, 0.3) is 0 Å². The van der Waals surface area contributed by atoms with E-state index in [-0.39, 0.29) is 7.43 Å². The Morgan fingerprint density at radius 2 is 1.45 bits per heavy atom. The van der Waals surface area contributed by atoms with Crippen LogP contribution >= 0.6 is 0 Å². The molecule has 0 radical (unpaired) electrons. The molecule has 3 aliphatic heterocycles. The Kier molecular flexibility index (Phi) is 6.22. The Hall–Kier alpha value is -0.870. The number of nitrogens with zero attached hydrogens (tertiary/aromatic N) is 4. The van der Waals surface area contributed by atoms with Gasteiger partial charge in [-0.05, 0) is 27.7 Å². The van der Waals surface area contributed by atoms with E-state index in [0.29, 0.717) is 6.04 Å². The molecule has 0 spiro atoms. The molecule has 1 aromatic rings.